The van der Waals surface area contributed by atoms with Crippen molar-refractivity contribution in [3.63, 3.8) is 0 Å². The molecule has 118 valence electrons. The number of nitrogens with zero attached hydrogens (tertiary/aromatic N) is 3. The molecule has 7 heteroatoms. The fraction of sp³-hybridized carbons (Fsp3) is 0.125. The van der Waals surface area contributed by atoms with E-state index in [1.807, 2.05) is 42.2 Å². The van der Waals surface area contributed by atoms with Gasteiger partial charge in [-0.1, -0.05) is 18.2 Å². The van der Waals surface area contributed by atoms with Crippen LogP contribution in [-0.2, 0) is 0 Å². The Morgan fingerprint density at radius 1 is 1.09 bits per heavy atom. The fourth-order valence-corrected chi connectivity index (χ4v) is 2.44. The van der Waals surface area contributed by atoms with E-state index in [9.17, 15) is 8.78 Å². The molecule has 0 saturated heterocycles. The van der Waals surface area contributed by atoms with Crippen molar-refractivity contribution >= 4 is 28.4 Å². The number of aromatic nitrogens is 2. The Morgan fingerprint density at radius 3 is 2.43 bits per heavy atom. The van der Waals surface area contributed by atoms with Crippen LogP contribution < -0.4 is 16.2 Å². The Hall–Kier alpha value is -2.80. The molecule has 0 amide bonds. The molecule has 2 aromatic carbocycles. The van der Waals surface area contributed by atoms with Crippen LogP contribution in [0.1, 0.15) is 6.92 Å². The lowest BCUT2D eigenvalue weighted by Crippen LogP contribution is -2.20. The minimum atomic E-state index is -0.965. The number of rotatable bonds is 4. The second-order valence-corrected chi connectivity index (χ2v) is 4.88. The van der Waals surface area contributed by atoms with Crippen molar-refractivity contribution in [1.29, 1.82) is 0 Å². The van der Waals surface area contributed by atoms with Crippen LogP contribution in [0, 0.1) is 11.6 Å². The molecule has 0 radical (unpaired) electrons. The first-order valence-corrected chi connectivity index (χ1v) is 7.10. The zero-order valence-electron chi connectivity index (χ0n) is 12.4. The van der Waals surface area contributed by atoms with Gasteiger partial charge >= 0.3 is 0 Å². The Labute approximate surface area is 131 Å². The van der Waals surface area contributed by atoms with Gasteiger partial charge in [0.05, 0.1) is 5.52 Å². The van der Waals surface area contributed by atoms with Gasteiger partial charge in [0, 0.05) is 23.7 Å². The number of hydrogen-bond acceptors (Lipinski definition) is 5. The summed E-state index contributed by atoms with van der Waals surface area (Å²) in [6.45, 7) is 2.52. The van der Waals surface area contributed by atoms with E-state index in [0.717, 1.165) is 17.8 Å². The van der Waals surface area contributed by atoms with E-state index < -0.39 is 11.6 Å². The second kappa shape index (κ2) is 6.13. The van der Waals surface area contributed by atoms with Crippen LogP contribution in [-0.4, -0.2) is 16.5 Å². The molecule has 0 saturated carbocycles. The van der Waals surface area contributed by atoms with Crippen LogP contribution in [0.3, 0.4) is 0 Å². The maximum absolute atomic E-state index is 13.7. The van der Waals surface area contributed by atoms with Gasteiger partial charge in [0.25, 0.3) is 0 Å². The number of nitrogens with two attached hydrogens (primary N) is 1. The van der Waals surface area contributed by atoms with Crippen molar-refractivity contribution in [3.8, 4) is 0 Å². The average molecular weight is 315 g/mol. The molecule has 0 bridgehead atoms. The maximum atomic E-state index is 13.7. The number of para-hydroxylation sites is 1. The van der Waals surface area contributed by atoms with Gasteiger partial charge in [-0.25, -0.2) is 19.6 Å². The van der Waals surface area contributed by atoms with Gasteiger partial charge in [0.15, 0.2) is 11.6 Å². The number of fused-ring (bicyclic) bond motifs is 1. The Morgan fingerprint density at radius 2 is 1.78 bits per heavy atom. The van der Waals surface area contributed by atoms with Crippen LogP contribution >= 0.6 is 0 Å². The van der Waals surface area contributed by atoms with Crippen LogP contribution in [0.15, 0.2) is 42.5 Å². The molecule has 0 aliphatic carbocycles. The van der Waals surface area contributed by atoms with Crippen LogP contribution in [0.2, 0.25) is 0 Å². The summed E-state index contributed by atoms with van der Waals surface area (Å²) >= 11 is 0. The lowest BCUT2D eigenvalue weighted by Gasteiger charge is -2.24. The first-order chi connectivity index (χ1) is 11.1. The van der Waals surface area contributed by atoms with E-state index in [1.165, 1.54) is 0 Å². The molecule has 0 fully saturated rings. The average Bonchev–Trinajstić information content (AvgIpc) is 2.57. The normalized spacial score (nSPS) is 10.8. The molecule has 3 aromatic rings. The highest BCUT2D eigenvalue weighted by Crippen LogP contribution is 2.31. The van der Waals surface area contributed by atoms with Crippen molar-refractivity contribution in [2.24, 2.45) is 5.84 Å². The first kappa shape index (κ1) is 15.1. The summed E-state index contributed by atoms with van der Waals surface area (Å²) in [6, 6.07) is 11.6. The largest absolute Gasteiger partial charge is 0.326 e. The summed E-state index contributed by atoms with van der Waals surface area (Å²) in [6.07, 6.45) is 0. The fourth-order valence-electron chi connectivity index (χ4n) is 2.44. The third-order valence-electron chi connectivity index (χ3n) is 3.49. The number of benzene rings is 2. The third kappa shape index (κ3) is 2.78. The predicted molar refractivity (Wildman–Crippen MR) is 86.4 cm³/mol. The van der Waals surface area contributed by atoms with Gasteiger partial charge in [-0.3, -0.25) is 5.43 Å². The summed E-state index contributed by atoms with van der Waals surface area (Å²) in [4.78, 5) is 10.3. The molecule has 3 rings (SSSR count). The highest BCUT2D eigenvalue weighted by molar-refractivity contribution is 5.92. The molecule has 5 nitrogen and oxygen atoms in total. The van der Waals surface area contributed by atoms with E-state index in [-0.39, 0.29) is 11.5 Å². The van der Waals surface area contributed by atoms with Crippen molar-refractivity contribution in [2.75, 3.05) is 16.9 Å². The maximum Gasteiger partial charge on any atom is 0.239 e. The summed E-state index contributed by atoms with van der Waals surface area (Å²) < 4.78 is 27.2. The zero-order chi connectivity index (χ0) is 16.4. The Bertz CT molecular complexity index is 839. The monoisotopic (exact) mass is 315 g/mol. The van der Waals surface area contributed by atoms with Crippen LogP contribution in [0.25, 0.3) is 10.9 Å². The minimum Gasteiger partial charge on any atom is -0.326 e. The zero-order valence-corrected chi connectivity index (χ0v) is 12.4. The van der Waals surface area contributed by atoms with E-state index in [1.54, 1.807) is 0 Å². The number of nitrogens with one attached hydrogen (secondary N) is 1. The smallest absolute Gasteiger partial charge is 0.239 e. The van der Waals surface area contributed by atoms with Gasteiger partial charge in [-0.2, -0.15) is 4.98 Å². The number of anilines is 3. The van der Waals surface area contributed by atoms with Gasteiger partial charge in [-0.05, 0) is 25.1 Å². The predicted octanol–water partition coefficient (Wildman–Crippen LogP) is 3.35. The van der Waals surface area contributed by atoms with Gasteiger partial charge in [0.1, 0.15) is 5.82 Å². The minimum absolute atomic E-state index is 0.132. The lowest BCUT2D eigenvalue weighted by atomic mass is 10.2. The van der Waals surface area contributed by atoms with Crippen molar-refractivity contribution in [2.45, 2.75) is 6.92 Å². The molecule has 23 heavy (non-hydrogen) atoms. The molecular formula is C16H15F2N5. The van der Waals surface area contributed by atoms with E-state index in [4.69, 9.17) is 5.84 Å². The molecule has 0 aliphatic heterocycles. The van der Waals surface area contributed by atoms with Crippen molar-refractivity contribution in [1.82, 2.24) is 9.97 Å². The molecule has 1 aromatic heterocycles. The van der Waals surface area contributed by atoms with Crippen molar-refractivity contribution < 1.29 is 8.78 Å². The highest BCUT2D eigenvalue weighted by atomic mass is 19.2. The topological polar surface area (TPSA) is 67.1 Å². The SMILES string of the molecule is CCN(c1ccccc1)c1nc(NN)nc2cc(F)c(F)cc12. The van der Waals surface area contributed by atoms with Crippen LogP contribution in [0.4, 0.5) is 26.2 Å². The molecule has 1 heterocycles. The summed E-state index contributed by atoms with van der Waals surface area (Å²) in [5, 5.41) is 0.411. The molecular weight excluding hydrogens is 300 g/mol. The molecule has 3 N–H and O–H groups in total. The quantitative estimate of drug-likeness (QED) is 0.571. The van der Waals surface area contributed by atoms with E-state index >= 15 is 0 Å². The second-order valence-electron chi connectivity index (χ2n) is 4.88. The molecule has 0 unspecified atom stereocenters. The highest BCUT2D eigenvalue weighted by Gasteiger charge is 2.17. The summed E-state index contributed by atoms with van der Waals surface area (Å²) in [5.74, 6) is 4.07. The van der Waals surface area contributed by atoms with Crippen LogP contribution in [0.5, 0.6) is 0 Å². The number of hydrogen-bond donors (Lipinski definition) is 2. The standard InChI is InChI=1S/C16H15F2N5/c1-2-23(10-6-4-3-5-7-10)15-11-8-12(17)13(18)9-14(11)20-16(21-15)22-19/h3-9H,2,19H2,1H3,(H,20,21,22). The summed E-state index contributed by atoms with van der Waals surface area (Å²) in [5.41, 5.74) is 3.51. The Balaban J connectivity index is 2.27. The molecule has 0 spiro atoms. The number of halogens is 2. The van der Waals surface area contributed by atoms with Gasteiger partial charge < -0.3 is 4.90 Å². The molecule has 0 aliphatic rings. The Kier molecular flexibility index (Phi) is 4.03. The van der Waals surface area contributed by atoms with Gasteiger partial charge in [0.2, 0.25) is 5.95 Å². The first-order valence-electron chi connectivity index (χ1n) is 7.10. The third-order valence-corrected chi connectivity index (χ3v) is 3.49. The van der Waals surface area contributed by atoms with E-state index in [0.29, 0.717) is 17.7 Å². The summed E-state index contributed by atoms with van der Waals surface area (Å²) in [7, 11) is 0. The van der Waals surface area contributed by atoms with Gasteiger partial charge in [-0.15, -0.1) is 0 Å². The lowest BCUT2D eigenvalue weighted by molar-refractivity contribution is 0.510. The number of hydrazine groups is 1. The van der Waals surface area contributed by atoms with Crippen molar-refractivity contribution in [3.05, 3.63) is 54.1 Å². The molecule has 0 atom stereocenters. The number of nitrogen functional groups attached to an aromatic ring is 1. The van der Waals surface area contributed by atoms with E-state index in [2.05, 4.69) is 15.4 Å².